The summed E-state index contributed by atoms with van der Waals surface area (Å²) in [6, 6.07) is 9.51. The summed E-state index contributed by atoms with van der Waals surface area (Å²) in [5, 5.41) is 17.3. The molecule has 2 heterocycles. The predicted molar refractivity (Wildman–Crippen MR) is 86.9 cm³/mol. The molecule has 0 radical (unpaired) electrons. The number of hydrogen-bond acceptors (Lipinski definition) is 4. The minimum Gasteiger partial charge on any atom is -0.481 e. The first-order valence-electron chi connectivity index (χ1n) is 7.99. The number of piperidine rings is 1. The fourth-order valence-corrected chi connectivity index (χ4v) is 3.19. The van der Waals surface area contributed by atoms with Crippen LogP contribution in [0.5, 0.6) is 0 Å². The average Bonchev–Trinajstić information content (AvgIpc) is 2.96. The molecular weight excluding hydrogens is 308 g/mol. The zero-order valence-corrected chi connectivity index (χ0v) is 13.7. The van der Waals surface area contributed by atoms with Crippen molar-refractivity contribution in [1.29, 1.82) is 0 Å². The zero-order chi connectivity index (χ0) is 17.3. The third-order valence-corrected chi connectivity index (χ3v) is 4.61. The Balaban J connectivity index is 1.80. The number of hydrogen-bond donors (Lipinski definition) is 1. The molecule has 1 N–H and O–H groups in total. The van der Waals surface area contributed by atoms with Crippen LogP contribution >= 0.6 is 0 Å². The fraction of sp³-hybridized carbons (Fsp3) is 0.412. The Labute approximate surface area is 139 Å². The first-order valence-corrected chi connectivity index (χ1v) is 7.99. The van der Waals surface area contributed by atoms with Crippen LogP contribution in [0.2, 0.25) is 0 Å². The summed E-state index contributed by atoms with van der Waals surface area (Å²) in [5.41, 5.74) is 1.85. The molecule has 1 saturated heterocycles. The van der Waals surface area contributed by atoms with E-state index < -0.39 is 11.9 Å². The molecule has 1 aromatic carbocycles. The largest absolute Gasteiger partial charge is 0.481 e. The Morgan fingerprint density at radius 1 is 1.25 bits per heavy atom. The molecule has 1 fully saturated rings. The molecule has 7 nitrogen and oxygen atoms in total. The molecule has 0 bridgehead atoms. The maximum Gasteiger partial charge on any atom is 0.306 e. The molecule has 0 spiro atoms. The van der Waals surface area contributed by atoms with Gasteiger partial charge in [-0.05, 0) is 31.4 Å². The van der Waals surface area contributed by atoms with E-state index in [4.69, 9.17) is 0 Å². The van der Waals surface area contributed by atoms with Gasteiger partial charge in [0, 0.05) is 13.1 Å². The SMILES string of the molecule is Cc1c(C(=O)N2CCC(C(=O)O)C(C)C2)nnn1-c1ccccc1. The monoisotopic (exact) mass is 328 g/mol. The van der Waals surface area contributed by atoms with Crippen LogP contribution in [-0.4, -0.2) is 50.0 Å². The number of carboxylic acids is 1. The van der Waals surface area contributed by atoms with Crippen LogP contribution in [0.1, 0.15) is 29.5 Å². The molecule has 126 valence electrons. The van der Waals surface area contributed by atoms with E-state index in [1.807, 2.05) is 44.2 Å². The van der Waals surface area contributed by atoms with Crippen LogP contribution in [0.4, 0.5) is 0 Å². The molecule has 2 unspecified atom stereocenters. The minimum atomic E-state index is -0.791. The van der Waals surface area contributed by atoms with Gasteiger partial charge in [-0.2, -0.15) is 0 Å². The molecule has 1 aromatic heterocycles. The van der Waals surface area contributed by atoms with Gasteiger partial charge in [0.15, 0.2) is 5.69 Å². The summed E-state index contributed by atoms with van der Waals surface area (Å²) in [6.07, 6.45) is 0.466. The second-order valence-electron chi connectivity index (χ2n) is 6.23. The van der Waals surface area contributed by atoms with E-state index in [0.29, 0.717) is 30.9 Å². The highest BCUT2D eigenvalue weighted by molar-refractivity contribution is 5.93. The van der Waals surface area contributed by atoms with Crippen LogP contribution in [0.15, 0.2) is 30.3 Å². The van der Waals surface area contributed by atoms with Gasteiger partial charge < -0.3 is 10.0 Å². The Morgan fingerprint density at radius 3 is 2.58 bits per heavy atom. The molecule has 1 aliphatic heterocycles. The molecule has 2 aromatic rings. The standard InChI is InChI=1S/C17H20N4O3/c1-11-10-20(9-8-14(11)17(23)24)16(22)15-12(2)21(19-18-15)13-6-4-3-5-7-13/h3-7,11,14H,8-10H2,1-2H3,(H,23,24). The highest BCUT2D eigenvalue weighted by Crippen LogP contribution is 2.25. The number of likely N-dealkylation sites (tertiary alicyclic amines) is 1. The number of rotatable bonds is 3. The molecule has 1 aliphatic rings. The van der Waals surface area contributed by atoms with Gasteiger partial charge in [-0.3, -0.25) is 9.59 Å². The Kier molecular flexibility index (Phi) is 4.33. The van der Waals surface area contributed by atoms with Crippen LogP contribution in [0.3, 0.4) is 0 Å². The summed E-state index contributed by atoms with van der Waals surface area (Å²) in [6.45, 7) is 4.53. The van der Waals surface area contributed by atoms with Crippen molar-refractivity contribution in [3.8, 4) is 5.69 Å². The molecule has 2 atom stereocenters. The third-order valence-electron chi connectivity index (χ3n) is 4.61. The maximum atomic E-state index is 12.7. The molecule has 24 heavy (non-hydrogen) atoms. The van der Waals surface area contributed by atoms with Gasteiger partial charge in [0.1, 0.15) is 0 Å². The van der Waals surface area contributed by atoms with E-state index in [1.54, 1.807) is 9.58 Å². The molecule has 1 amide bonds. The van der Waals surface area contributed by atoms with Crippen molar-refractivity contribution in [1.82, 2.24) is 19.9 Å². The Morgan fingerprint density at radius 2 is 1.96 bits per heavy atom. The predicted octanol–water partition coefficient (Wildman–Crippen LogP) is 1.76. The van der Waals surface area contributed by atoms with Crippen LogP contribution in [-0.2, 0) is 4.79 Å². The molecule has 7 heteroatoms. The molecule has 0 aliphatic carbocycles. The summed E-state index contributed by atoms with van der Waals surface area (Å²) in [4.78, 5) is 25.6. The number of para-hydroxylation sites is 1. The highest BCUT2D eigenvalue weighted by atomic mass is 16.4. The van der Waals surface area contributed by atoms with Gasteiger partial charge in [-0.15, -0.1) is 5.10 Å². The van der Waals surface area contributed by atoms with E-state index in [0.717, 1.165) is 5.69 Å². The average molecular weight is 328 g/mol. The van der Waals surface area contributed by atoms with Crippen LogP contribution in [0.25, 0.3) is 5.69 Å². The van der Waals surface area contributed by atoms with Crippen LogP contribution in [0, 0.1) is 18.8 Å². The van der Waals surface area contributed by atoms with Gasteiger partial charge in [-0.25, -0.2) is 4.68 Å². The minimum absolute atomic E-state index is 0.0790. The third kappa shape index (κ3) is 2.89. The van der Waals surface area contributed by atoms with Crippen molar-refractivity contribution in [3.05, 3.63) is 41.7 Å². The first kappa shape index (κ1) is 16.2. The van der Waals surface area contributed by atoms with E-state index in [2.05, 4.69) is 10.3 Å². The van der Waals surface area contributed by atoms with Crippen molar-refractivity contribution < 1.29 is 14.7 Å². The number of benzene rings is 1. The lowest BCUT2D eigenvalue weighted by molar-refractivity contribution is -0.145. The molecular formula is C17H20N4O3. The number of aliphatic carboxylic acids is 1. The van der Waals surface area contributed by atoms with E-state index in [-0.39, 0.29) is 11.8 Å². The summed E-state index contributed by atoms with van der Waals surface area (Å²) in [7, 11) is 0. The zero-order valence-electron chi connectivity index (χ0n) is 13.7. The number of carboxylic acid groups (broad SMARTS) is 1. The van der Waals surface area contributed by atoms with Crippen molar-refractivity contribution in [3.63, 3.8) is 0 Å². The second-order valence-corrected chi connectivity index (χ2v) is 6.23. The van der Waals surface area contributed by atoms with Gasteiger partial charge in [-0.1, -0.05) is 30.3 Å². The first-order chi connectivity index (χ1) is 11.5. The van der Waals surface area contributed by atoms with Crippen molar-refractivity contribution in [2.24, 2.45) is 11.8 Å². The topological polar surface area (TPSA) is 88.3 Å². The lowest BCUT2D eigenvalue weighted by Crippen LogP contribution is -2.45. The maximum absolute atomic E-state index is 12.7. The van der Waals surface area contributed by atoms with Gasteiger partial charge in [0.2, 0.25) is 0 Å². The fourth-order valence-electron chi connectivity index (χ4n) is 3.19. The van der Waals surface area contributed by atoms with Gasteiger partial charge >= 0.3 is 5.97 Å². The quantitative estimate of drug-likeness (QED) is 0.927. The number of amides is 1. The number of carbonyl (C=O) groups is 2. The number of aromatic nitrogens is 3. The molecule has 3 rings (SSSR count). The highest BCUT2D eigenvalue weighted by Gasteiger charge is 2.34. The van der Waals surface area contributed by atoms with E-state index in [9.17, 15) is 14.7 Å². The second kappa shape index (κ2) is 6.43. The van der Waals surface area contributed by atoms with E-state index in [1.165, 1.54) is 0 Å². The number of nitrogens with zero attached hydrogens (tertiary/aromatic N) is 4. The Hall–Kier alpha value is -2.70. The van der Waals surface area contributed by atoms with Crippen molar-refractivity contribution >= 4 is 11.9 Å². The number of carbonyl (C=O) groups excluding carboxylic acids is 1. The normalized spacial score (nSPS) is 20.8. The smallest absolute Gasteiger partial charge is 0.306 e. The summed E-state index contributed by atoms with van der Waals surface area (Å²) in [5.74, 6) is -1.45. The lowest BCUT2D eigenvalue weighted by Gasteiger charge is -2.34. The van der Waals surface area contributed by atoms with Gasteiger partial charge in [0.25, 0.3) is 5.91 Å². The van der Waals surface area contributed by atoms with Gasteiger partial charge in [0.05, 0.1) is 17.3 Å². The Bertz CT molecular complexity index is 756. The molecule has 0 saturated carbocycles. The lowest BCUT2D eigenvalue weighted by atomic mass is 9.87. The summed E-state index contributed by atoms with van der Waals surface area (Å²) >= 11 is 0. The van der Waals surface area contributed by atoms with Crippen molar-refractivity contribution in [2.45, 2.75) is 20.3 Å². The van der Waals surface area contributed by atoms with Crippen molar-refractivity contribution in [2.75, 3.05) is 13.1 Å². The van der Waals surface area contributed by atoms with Crippen LogP contribution < -0.4 is 0 Å². The van der Waals surface area contributed by atoms with E-state index >= 15 is 0 Å². The summed E-state index contributed by atoms with van der Waals surface area (Å²) < 4.78 is 1.64.